The largest absolute Gasteiger partial charge is 0.378 e. The zero-order valence-corrected chi connectivity index (χ0v) is 12.9. The lowest BCUT2D eigenvalue weighted by atomic mass is 9.85. The van der Waals surface area contributed by atoms with E-state index in [-0.39, 0.29) is 5.54 Å². The van der Waals surface area contributed by atoms with E-state index in [1.807, 2.05) is 0 Å². The monoisotopic (exact) mass is 280 g/mol. The van der Waals surface area contributed by atoms with Gasteiger partial charge in [0.1, 0.15) is 0 Å². The van der Waals surface area contributed by atoms with Crippen molar-refractivity contribution in [3.05, 3.63) is 0 Å². The summed E-state index contributed by atoms with van der Waals surface area (Å²) in [6.07, 6.45) is 5.44. The van der Waals surface area contributed by atoms with Crippen LogP contribution in [0.4, 0.5) is 0 Å². The summed E-state index contributed by atoms with van der Waals surface area (Å²) in [4.78, 5) is 14.7. The first kappa shape index (κ1) is 14.3. The van der Waals surface area contributed by atoms with Crippen LogP contribution < -0.4 is 5.32 Å². The number of fused-ring (bicyclic) bond motifs is 1. The SMILES string of the molecule is CC1(C)C2CNCC2CN1C(=O)CCC1CCCCO1. The van der Waals surface area contributed by atoms with Crippen LogP contribution in [-0.4, -0.2) is 48.7 Å². The molecule has 3 saturated heterocycles. The minimum atomic E-state index is 0.0126. The van der Waals surface area contributed by atoms with Gasteiger partial charge in [0.15, 0.2) is 0 Å². The van der Waals surface area contributed by atoms with E-state index in [1.54, 1.807) is 0 Å². The summed E-state index contributed by atoms with van der Waals surface area (Å²) in [6, 6.07) is 0. The molecule has 0 radical (unpaired) electrons. The number of likely N-dealkylation sites (tertiary alicyclic amines) is 1. The Balaban J connectivity index is 1.54. The van der Waals surface area contributed by atoms with Gasteiger partial charge in [0.25, 0.3) is 0 Å². The Kier molecular flexibility index (Phi) is 4.04. The standard InChI is InChI=1S/C16H28N2O2/c1-16(2)14-10-17-9-12(14)11-18(16)15(19)7-6-13-5-3-4-8-20-13/h12-14,17H,3-11H2,1-2H3. The molecule has 3 atom stereocenters. The van der Waals surface area contributed by atoms with Gasteiger partial charge < -0.3 is 15.0 Å². The number of carbonyl (C=O) groups is 1. The van der Waals surface area contributed by atoms with Crippen LogP contribution in [0.15, 0.2) is 0 Å². The van der Waals surface area contributed by atoms with Crippen LogP contribution in [0.2, 0.25) is 0 Å². The van der Waals surface area contributed by atoms with E-state index in [2.05, 4.69) is 24.1 Å². The normalized spacial score (nSPS) is 36.1. The molecular weight excluding hydrogens is 252 g/mol. The van der Waals surface area contributed by atoms with Gasteiger partial charge in [0.2, 0.25) is 5.91 Å². The maximum Gasteiger partial charge on any atom is 0.223 e. The Morgan fingerprint density at radius 2 is 2.20 bits per heavy atom. The third-order valence-electron chi connectivity index (χ3n) is 5.62. The zero-order valence-electron chi connectivity index (χ0n) is 12.9. The van der Waals surface area contributed by atoms with Gasteiger partial charge in [0, 0.05) is 38.2 Å². The summed E-state index contributed by atoms with van der Waals surface area (Å²) in [5.41, 5.74) is 0.0126. The minimum absolute atomic E-state index is 0.0126. The summed E-state index contributed by atoms with van der Waals surface area (Å²) in [7, 11) is 0. The predicted octanol–water partition coefficient (Wildman–Crippen LogP) is 1.79. The van der Waals surface area contributed by atoms with E-state index in [1.165, 1.54) is 12.8 Å². The molecule has 3 unspecified atom stereocenters. The van der Waals surface area contributed by atoms with Crippen molar-refractivity contribution in [3.63, 3.8) is 0 Å². The molecule has 0 aromatic carbocycles. The summed E-state index contributed by atoms with van der Waals surface area (Å²) in [5, 5.41) is 3.47. The molecule has 1 amide bonds. The maximum atomic E-state index is 12.6. The second kappa shape index (κ2) is 5.64. The van der Waals surface area contributed by atoms with Crippen molar-refractivity contribution in [2.75, 3.05) is 26.2 Å². The number of amides is 1. The molecule has 0 spiro atoms. The Labute approximate surface area is 122 Å². The van der Waals surface area contributed by atoms with E-state index in [0.29, 0.717) is 30.3 Å². The van der Waals surface area contributed by atoms with E-state index in [4.69, 9.17) is 4.74 Å². The van der Waals surface area contributed by atoms with E-state index in [9.17, 15) is 4.79 Å². The van der Waals surface area contributed by atoms with Gasteiger partial charge in [-0.1, -0.05) is 0 Å². The molecule has 20 heavy (non-hydrogen) atoms. The van der Waals surface area contributed by atoms with Gasteiger partial charge >= 0.3 is 0 Å². The summed E-state index contributed by atoms with van der Waals surface area (Å²) < 4.78 is 5.74. The molecule has 4 nitrogen and oxygen atoms in total. The number of nitrogens with zero attached hydrogens (tertiary/aromatic N) is 1. The molecule has 0 aliphatic carbocycles. The molecule has 114 valence electrons. The first-order chi connectivity index (χ1) is 9.59. The molecule has 3 fully saturated rings. The quantitative estimate of drug-likeness (QED) is 0.857. The first-order valence-corrected chi connectivity index (χ1v) is 8.22. The molecule has 3 heterocycles. The summed E-state index contributed by atoms with van der Waals surface area (Å²) >= 11 is 0. The smallest absolute Gasteiger partial charge is 0.223 e. The first-order valence-electron chi connectivity index (χ1n) is 8.22. The lowest BCUT2D eigenvalue weighted by molar-refractivity contribution is -0.136. The van der Waals surface area contributed by atoms with Crippen molar-refractivity contribution in [2.45, 2.75) is 57.6 Å². The van der Waals surface area contributed by atoms with Crippen LogP contribution >= 0.6 is 0 Å². The fourth-order valence-corrected chi connectivity index (χ4v) is 4.30. The molecule has 0 aromatic heterocycles. The van der Waals surface area contributed by atoms with Gasteiger partial charge in [-0.15, -0.1) is 0 Å². The number of hydrogen-bond donors (Lipinski definition) is 1. The Morgan fingerprint density at radius 1 is 1.35 bits per heavy atom. The van der Waals surface area contributed by atoms with Gasteiger partial charge in [-0.05, 0) is 51.4 Å². The van der Waals surface area contributed by atoms with Crippen molar-refractivity contribution in [1.29, 1.82) is 0 Å². The van der Waals surface area contributed by atoms with Crippen LogP contribution in [0.25, 0.3) is 0 Å². The van der Waals surface area contributed by atoms with Crippen molar-refractivity contribution in [3.8, 4) is 0 Å². The fraction of sp³-hybridized carbons (Fsp3) is 0.938. The second-order valence-corrected chi connectivity index (χ2v) is 7.21. The lowest BCUT2D eigenvalue weighted by Gasteiger charge is -2.36. The molecule has 1 N–H and O–H groups in total. The summed E-state index contributed by atoms with van der Waals surface area (Å²) in [5.74, 6) is 1.61. The molecule has 3 aliphatic heterocycles. The Morgan fingerprint density at radius 3 is 2.90 bits per heavy atom. The number of rotatable bonds is 3. The topological polar surface area (TPSA) is 41.6 Å². The minimum Gasteiger partial charge on any atom is -0.378 e. The van der Waals surface area contributed by atoms with Crippen LogP contribution in [-0.2, 0) is 9.53 Å². The average molecular weight is 280 g/mol. The van der Waals surface area contributed by atoms with Gasteiger partial charge in [-0.2, -0.15) is 0 Å². The molecule has 0 aromatic rings. The summed E-state index contributed by atoms with van der Waals surface area (Å²) in [6.45, 7) is 8.43. The van der Waals surface area contributed by atoms with E-state index >= 15 is 0 Å². The molecule has 3 aliphatic rings. The lowest BCUT2D eigenvalue weighted by Crippen LogP contribution is -2.47. The van der Waals surface area contributed by atoms with Crippen molar-refractivity contribution in [2.24, 2.45) is 11.8 Å². The van der Waals surface area contributed by atoms with Crippen molar-refractivity contribution >= 4 is 5.91 Å². The Bertz CT molecular complexity index is 363. The van der Waals surface area contributed by atoms with Crippen LogP contribution in [0.5, 0.6) is 0 Å². The zero-order chi connectivity index (χ0) is 14.2. The number of ether oxygens (including phenoxy) is 1. The Hall–Kier alpha value is -0.610. The fourth-order valence-electron chi connectivity index (χ4n) is 4.30. The maximum absolute atomic E-state index is 12.6. The number of hydrogen-bond acceptors (Lipinski definition) is 3. The van der Waals surface area contributed by atoms with Crippen molar-refractivity contribution in [1.82, 2.24) is 10.2 Å². The number of nitrogens with one attached hydrogen (secondary N) is 1. The third kappa shape index (κ3) is 2.60. The average Bonchev–Trinajstić information content (AvgIpc) is 3.00. The highest BCUT2D eigenvalue weighted by Crippen LogP contribution is 2.41. The van der Waals surface area contributed by atoms with E-state index in [0.717, 1.165) is 39.1 Å². The molecule has 0 bridgehead atoms. The predicted molar refractivity (Wildman–Crippen MR) is 78.5 cm³/mol. The van der Waals surface area contributed by atoms with E-state index < -0.39 is 0 Å². The van der Waals surface area contributed by atoms with Crippen LogP contribution in [0.3, 0.4) is 0 Å². The van der Waals surface area contributed by atoms with Gasteiger partial charge in [-0.3, -0.25) is 4.79 Å². The molecular formula is C16H28N2O2. The highest BCUT2D eigenvalue weighted by atomic mass is 16.5. The number of carbonyl (C=O) groups excluding carboxylic acids is 1. The second-order valence-electron chi connectivity index (χ2n) is 7.21. The van der Waals surface area contributed by atoms with Gasteiger partial charge in [0.05, 0.1) is 6.10 Å². The molecule has 3 rings (SSSR count). The van der Waals surface area contributed by atoms with Crippen LogP contribution in [0, 0.1) is 11.8 Å². The van der Waals surface area contributed by atoms with Crippen LogP contribution in [0.1, 0.15) is 46.0 Å². The van der Waals surface area contributed by atoms with Gasteiger partial charge in [-0.25, -0.2) is 0 Å². The third-order valence-corrected chi connectivity index (χ3v) is 5.62. The highest BCUT2D eigenvalue weighted by molar-refractivity contribution is 5.77. The molecule has 0 saturated carbocycles. The van der Waals surface area contributed by atoms with Crippen molar-refractivity contribution < 1.29 is 9.53 Å². The highest BCUT2D eigenvalue weighted by Gasteiger charge is 2.50. The molecule has 4 heteroatoms.